The van der Waals surface area contributed by atoms with Gasteiger partial charge >= 0.3 is 0 Å². The highest BCUT2D eigenvalue weighted by Gasteiger charge is 2.32. The molecule has 7 heteroatoms. The van der Waals surface area contributed by atoms with E-state index in [0.29, 0.717) is 18.7 Å². The summed E-state index contributed by atoms with van der Waals surface area (Å²) < 4.78 is 28.2. The lowest BCUT2D eigenvalue weighted by Crippen LogP contribution is -2.29. The average Bonchev–Trinajstić information content (AvgIpc) is 3.15. The topological polar surface area (TPSA) is 66.5 Å². The minimum atomic E-state index is -3.91. The summed E-state index contributed by atoms with van der Waals surface area (Å²) in [6.07, 6.45) is 0.638. The standard InChI is InChI=1S/C24H23ClN2O3S/c1-15-12-16(2)23(17(3)13-15)26-24(28)19-8-9-20(25)22(14-19)31(29,30)27-11-10-18-6-4-5-7-21(18)27/h4-9,12-14H,10-11H2,1-3H3,(H,26,28). The minimum Gasteiger partial charge on any atom is -0.322 e. The maximum Gasteiger partial charge on any atom is 0.265 e. The van der Waals surface area contributed by atoms with Crippen LogP contribution in [0.4, 0.5) is 11.4 Å². The van der Waals surface area contributed by atoms with Gasteiger partial charge in [0, 0.05) is 17.8 Å². The summed E-state index contributed by atoms with van der Waals surface area (Å²) >= 11 is 6.28. The number of sulfonamides is 1. The van der Waals surface area contributed by atoms with Gasteiger partial charge in [-0.05, 0) is 68.1 Å². The Morgan fingerprint density at radius 2 is 1.68 bits per heavy atom. The van der Waals surface area contributed by atoms with Gasteiger partial charge in [0.1, 0.15) is 4.90 Å². The van der Waals surface area contributed by atoms with E-state index in [9.17, 15) is 13.2 Å². The molecule has 1 aliphatic rings. The van der Waals surface area contributed by atoms with Crippen LogP contribution in [0.15, 0.2) is 59.5 Å². The Labute approximate surface area is 187 Å². The van der Waals surface area contributed by atoms with E-state index in [1.807, 2.05) is 51.1 Å². The summed E-state index contributed by atoms with van der Waals surface area (Å²) in [7, 11) is -3.91. The van der Waals surface area contributed by atoms with Gasteiger partial charge in [0.2, 0.25) is 0 Å². The van der Waals surface area contributed by atoms with Gasteiger partial charge < -0.3 is 5.32 Å². The maximum absolute atomic E-state index is 13.4. The molecule has 1 amide bonds. The molecule has 0 atom stereocenters. The van der Waals surface area contributed by atoms with Crippen LogP contribution in [0, 0.1) is 20.8 Å². The first kappa shape index (κ1) is 21.4. The van der Waals surface area contributed by atoms with Gasteiger partial charge in [0.15, 0.2) is 0 Å². The van der Waals surface area contributed by atoms with E-state index in [-0.39, 0.29) is 21.4 Å². The van der Waals surface area contributed by atoms with Crippen molar-refractivity contribution in [2.75, 3.05) is 16.2 Å². The molecule has 0 spiro atoms. The molecule has 1 aliphatic heterocycles. The fraction of sp³-hybridized carbons (Fsp3) is 0.208. The van der Waals surface area contributed by atoms with Gasteiger partial charge in [0.05, 0.1) is 10.7 Å². The number of nitrogens with zero attached hydrogens (tertiary/aromatic N) is 1. The highest BCUT2D eigenvalue weighted by atomic mass is 35.5. The van der Waals surface area contributed by atoms with Crippen LogP contribution in [0.2, 0.25) is 5.02 Å². The van der Waals surface area contributed by atoms with E-state index in [2.05, 4.69) is 5.32 Å². The molecule has 3 aromatic carbocycles. The number of para-hydroxylation sites is 1. The Kier molecular flexibility index (Phi) is 5.54. The highest BCUT2D eigenvalue weighted by molar-refractivity contribution is 7.93. The number of fused-ring (bicyclic) bond motifs is 1. The van der Waals surface area contributed by atoms with Crippen molar-refractivity contribution in [3.8, 4) is 0 Å². The van der Waals surface area contributed by atoms with Gasteiger partial charge in [-0.25, -0.2) is 8.42 Å². The first-order chi connectivity index (χ1) is 14.7. The Morgan fingerprint density at radius 1 is 1.00 bits per heavy atom. The predicted octanol–water partition coefficient (Wildman–Crippen LogP) is 5.27. The van der Waals surface area contributed by atoms with Crippen LogP contribution in [0.3, 0.4) is 0 Å². The number of hydrogen-bond donors (Lipinski definition) is 1. The van der Waals surface area contributed by atoms with Crippen molar-refractivity contribution in [3.05, 3.63) is 87.4 Å². The van der Waals surface area contributed by atoms with Crippen molar-refractivity contribution >= 4 is 38.9 Å². The minimum absolute atomic E-state index is 0.0733. The molecular weight excluding hydrogens is 432 g/mol. The van der Waals surface area contributed by atoms with Crippen LogP contribution >= 0.6 is 11.6 Å². The third-order valence-electron chi connectivity index (χ3n) is 5.52. The van der Waals surface area contributed by atoms with Gasteiger partial charge in [-0.2, -0.15) is 0 Å². The van der Waals surface area contributed by atoms with E-state index in [0.717, 1.165) is 27.9 Å². The number of aryl methyl sites for hydroxylation is 3. The van der Waals surface area contributed by atoms with E-state index in [1.54, 1.807) is 6.07 Å². The van der Waals surface area contributed by atoms with Gasteiger partial charge in [-0.15, -0.1) is 0 Å². The lowest BCUT2D eigenvalue weighted by Gasteiger charge is -2.21. The van der Waals surface area contributed by atoms with Crippen LogP contribution in [-0.4, -0.2) is 20.9 Å². The molecule has 5 nitrogen and oxygen atoms in total. The number of nitrogens with one attached hydrogen (secondary N) is 1. The molecule has 0 aliphatic carbocycles. The quantitative estimate of drug-likeness (QED) is 0.584. The van der Waals surface area contributed by atoms with E-state index < -0.39 is 10.0 Å². The third kappa shape index (κ3) is 3.93. The Balaban J connectivity index is 1.69. The van der Waals surface area contributed by atoms with Crippen molar-refractivity contribution in [2.45, 2.75) is 32.1 Å². The predicted molar refractivity (Wildman–Crippen MR) is 125 cm³/mol. The van der Waals surface area contributed by atoms with E-state index >= 15 is 0 Å². The van der Waals surface area contributed by atoms with Crippen molar-refractivity contribution in [1.29, 1.82) is 0 Å². The summed E-state index contributed by atoms with van der Waals surface area (Å²) in [6, 6.07) is 15.7. The molecule has 1 N–H and O–H groups in total. The Bertz CT molecular complexity index is 1280. The summed E-state index contributed by atoms with van der Waals surface area (Å²) in [5, 5.41) is 3.00. The number of hydrogen-bond acceptors (Lipinski definition) is 3. The number of carbonyl (C=O) groups excluding carboxylic acids is 1. The summed E-state index contributed by atoms with van der Waals surface area (Å²) in [4.78, 5) is 12.9. The molecule has 0 unspecified atom stereocenters. The summed E-state index contributed by atoms with van der Waals surface area (Å²) in [6.45, 7) is 6.20. The zero-order chi connectivity index (χ0) is 22.3. The highest BCUT2D eigenvalue weighted by Crippen LogP contribution is 2.35. The molecule has 3 aromatic rings. The monoisotopic (exact) mass is 454 g/mol. The van der Waals surface area contributed by atoms with Crippen LogP contribution in [0.5, 0.6) is 0 Å². The fourth-order valence-electron chi connectivity index (χ4n) is 4.08. The summed E-state index contributed by atoms with van der Waals surface area (Å²) in [5.74, 6) is -0.384. The number of rotatable bonds is 4. The van der Waals surface area contributed by atoms with Gasteiger partial charge in [-0.3, -0.25) is 9.10 Å². The second kappa shape index (κ2) is 8.02. The van der Waals surface area contributed by atoms with Gasteiger partial charge in [0.25, 0.3) is 15.9 Å². The first-order valence-corrected chi connectivity index (χ1v) is 11.8. The lowest BCUT2D eigenvalue weighted by molar-refractivity contribution is 0.102. The van der Waals surface area contributed by atoms with E-state index in [4.69, 9.17) is 11.6 Å². The molecule has 0 fully saturated rings. The van der Waals surface area contributed by atoms with Crippen molar-refractivity contribution < 1.29 is 13.2 Å². The zero-order valence-electron chi connectivity index (χ0n) is 17.6. The normalized spacial score (nSPS) is 13.2. The second-order valence-corrected chi connectivity index (χ2v) is 10.1. The smallest absolute Gasteiger partial charge is 0.265 e. The molecule has 1 heterocycles. The average molecular weight is 455 g/mol. The van der Waals surface area contributed by atoms with Gasteiger partial charge in [-0.1, -0.05) is 47.5 Å². The molecule has 0 saturated heterocycles. The van der Waals surface area contributed by atoms with Crippen molar-refractivity contribution in [2.24, 2.45) is 0 Å². The zero-order valence-corrected chi connectivity index (χ0v) is 19.1. The maximum atomic E-state index is 13.4. The fourth-order valence-corrected chi connectivity index (χ4v) is 6.09. The molecule has 0 aromatic heterocycles. The van der Waals surface area contributed by atoms with Crippen molar-refractivity contribution in [3.63, 3.8) is 0 Å². The number of benzene rings is 3. The largest absolute Gasteiger partial charge is 0.322 e. The molecule has 4 rings (SSSR count). The SMILES string of the molecule is Cc1cc(C)c(NC(=O)c2ccc(Cl)c(S(=O)(=O)N3CCc4ccccc43)c2)c(C)c1. The molecular formula is C24H23ClN2O3S. The van der Waals surface area contributed by atoms with Crippen LogP contribution < -0.4 is 9.62 Å². The molecule has 160 valence electrons. The third-order valence-corrected chi connectivity index (χ3v) is 7.82. The Morgan fingerprint density at radius 3 is 2.39 bits per heavy atom. The lowest BCUT2D eigenvalue weighted by atomic mass is 10.0. The number of carbonyl (C=O) groups is 1. The number of anilines is 2. The first-order valence-electron chi connectivity index (χ1n) is 9.98. The molecule has 0 bridgehead atoms. The Hall–Kier alpha value is -2.83. The number of halogens is 1. The second-order valence-electron chi connectivity index (χ2n) is 7.83. The molecule has 0 saturated carbocycles. The summed E-state index contributed by atoms with van der Waals surface area (Å²) in [5.41, 5.74) is 5.58. The van der Waals surface area contributed by atoms with E-state index in [1.165, 1.54) is 22.5 Å². The van der Waals surface area contributed by atoms with Crippen molar-refractivity contribution in [1.82, 2.24) is 0 Å². The number of amides is 1. The molecule has 31 heavy (non-hydrogen) atoms. The van der Waals surface area contributed by atoms with Crippen LogP contribution in [-0.2, 0) is 16.4 Å². The van der Waals surface area contributed by atoms with Crippen LogP contribution in [0.1, 0.15) is 32.6 Å². The van der Waals surface area contributed by atoms with Crippen LogP contribution in [0.25, 0.3) is 0 Å². The molecule has 0 radical (unpaired) electrons.